The number of rotatable bonds is 4. The van der Waals surface area contributed by atoms with Crippen LogP contribution in [-0.4, -0.2) is 4.98 Å². The number of hydrogen-bond donors (Lipinski definition) is 0. The molecule has 0 spiro atoms. The van der Waals surface area contributed by atoms with Crippen LogP contribution < -0.4 is 5.30 Å². The van der Waals surface area contributed by atoms with Crippen molar-refractivity contribution in [2.24, 2.45) is 0 Å². The van der Waals surface area contributed by atoms with Crippen LogP contribution in [0.3, 0.4) is 0 Å². The molecular formula is C27H20NOP. The number of pyridine rings is 1. The molecule has 0 N–H and O–H groups in total. The van der Waals surface area contributed by atoms with Crippen LogP contribution in [0.25, 0.3) is 44.4 Å². The Labute approximate surface area is 177 Å². The SMILES string of the molecule is O=[PH2]c1cc2cc(-c3ccccc3)cc(-c3ccccc3)c2nc1-c1ccccc1. The van der Waals surface area contributed by atoms with Gasteiger partial charge in [-0.1, -0.05) is 91.0 Å². The third-order valence-corrected chi connectivity index (χ3v) is 6.01. The normalized spacial score (nSPS) is 11.3. The highest BCUT2D eigenvalue weighted by Crippen LogP contribution is 2.34. The topological polar surface area (TPSA) is 30.0 Å². The summed E-state index contributed by atoms with van der Waals surface area (Å²) in [6.07, 6.45) is 0. The first-order valence-corrected chi connectivity index (χ1v) is 11.0. The summed E-state index contributed by atoms with van der Waals surface area (Å²) < 4.78 is 12.1. The van der Waals surface area contributed by atoms with Gasteiger partial charge < -0.3 is 4.57 Å². The zero-order valence-corrected chi connectivity index (χ0v) is 17.5. The lowest BCUT2D eigenvalue weighted by Gasteiger charge is -2.14. The summed E-state index contributed by atoms with van der Waals surface area (Å²) in [7, 11) is -1.10. The maximum absolute atomic E-state index is 12.1. The van der Waals surface area contributed by atoms with E-state index < -0.39 is 8.46 Å². The van der Waals surface area contributed by atoms with Gasteiger partial charge in [0.1, 0.15) is 0 Å². The van der Waals surface area contributed by atoms with Gasteiger partial charge in [-0.05, 0) is 34.9 Å². The van der Waals surface area contributed by atoms with Crippen molar-refractivity contribution in [3.05, 3.63) is 109 Å². The van der Waals surface area contributed by atoms with Crippen LogP contribution in [0.2, 0.25) is 0 Å². The maximum atomic E-state index is 12.1. The van der Waals surface area contributed by atoms with Crippen molar-refractivity contribution < 1.29 is 4.57 Å². The fourth-order valence-electron chi connectivity index (χ4n) is 3.86. The van der Waals surface area contributed by atoms with E-state index in [1.54, 1.807) is 0 Å². The van der Waals surface area contributed by atoms with Crippen molar-refractivity contribution in [1.82, 2.24) is 4.98 Å². The highest BCUT2D eigenvalue weighted by molar-refractivity contribution is 7.34. The predicted octanol–water partition coefficient (Wildman–Crippen LogP) is 6.62. The van der Waals surface area contributed by atoms with Gasteiger partial charge in [0.25, 0.3) is 0 Å². The van der Waals surface area contributed by atoms with Gasteiger partial charge in [-0.15, -0.1) is 0 Å². The van der Waals surface area contributed by atoms with Crippen LogP contribution in [0.15, 0.2) is 109 Å². The zero-order valence-electron chi connectivity index (χ0n) is 16.3. The van der Waals surface area contributed by atoms with Crippen LogP contribution in [0.1, 0.15) is 0 Å². The van der Waals surface area contributed by atoms with Gasteiger partial charge >= 0.3 is 0 Å². The maximum Gasteiger partial charge on any atom is 0.0943 e. The Hall–Kier alpha value is -3.48. The molecule has 5 rings (SSSR count). The minimum absolute atomic E-state index is 0.803. The molecule has 0 bridgehead atoms. The van der Waals surface area contributed by atoms with Crippen LogP contribution >= 0.6 is 8.46 Å². The summed E-state index contributed by atoms with van der Waals surface area (Å²) >= 11 is 0. The average Bonchev–Trinajstić information content (AvgIpc) is 2.84. The quantitative estimate of drug-likeness (QED) is 0.315. The summed E-state index contributed by atoms with van der Waals surface area (Å²) in [5.74, 6) is 0. The minimum Gasteiger partial charge on any atom is -0.325 e. The van der Waals surface area contributed by atoms with E-state index in [0.29, 0.717) is 0 Å². The van der Waals surface area contributed by atoms with Crippen molar-refractivity contribution in [3.8, 4) is 33.5 Å². The highest BCUT2D eigenvalue weighted by Gasteiger charge is 2.14. The monoisotopic (exact) mass is 405 g/mol. The molecule has 0 saturated carbocycles. The molecule has 0 fully saturated rings. The molecule has 0 amide bonds. The van der Waals surface area contributed by atoms with E-state index in [1.165, 1.54) is 0 Å². The van der Waals surface area contributed by atoms with E-state index in [0.717, 1.165) is 49.7 Å². The molecule has 0 aliphatic heterocycles. The lowest BCUT2D eigenvalue weighted by Crippen LogP contribution is -2.03. The van der Waals surface area contributed by atoms with Gasteiger partial charge in [0.05, 0.1) is 19.7 Å². The molecule has 1 aromatic heterocycles. The number of aromatic nitrogens is 1. The first kappa shape index (κ1) is 18.5. The second kappa shape index (κ2) is 8.10. The van der Waals surface area contributed by atoms with E-state index in [2.05, 4.69) is 36.4 Å². The van der Waals surface area contributed by atoms with Crippen LogP contribution in [0.4, 0.5) is 0 Å². The van der Waals surface area contributed by atoms with Crippen molar-refractivity contribution in [3.63, 3.8) is 0 Å². The summed E-state index contributed by atoms with van der Waals surface area (Å²) in [4.78, 5) is 5.05. The van der Waals surface area contributed by atoms with Crippen molar-refractivity contribution in [1.29, 1.82) is 0 Å². The fourth-order valence-corrected chi connectivity index (χ4v) is 4.45. The molecule has 1 unspecified atom stereocenters. The largest absolute Gasteiger partial charge is 0.325 e. The predicted molar refractivity (Wildman–Crippen MR) is 128 cm³/mol. The smallest absolute Gasteiger partial charge is 0.0943 e. The standard InChI is InChI=1S/C27H20NOP/c29-30-25-18-23-16-22(19-10-4-1-5-11-19)17-24(20-12-6-2-7-13-20)26(23)28-27(25)21-14-8-3-9-15-21/h1-18H,30H2. The number of nitrogens with zero attached hydrogens (tertiary/aromatic N) is 1. The molecule has 144 valence electrons. The van der Waals surface area contributed by atoms with Crippen LogP contribution in [-0.2, 0) is 4.57 Å². The number of hydrogen-bond acceptors (Lipinski definition) is 2. The molecule has 0 saturated heterocycles. The van der Waals surface area contributed by atoms with E-state index in [1.807, 2.05) is 72.8 Å². The summed E-state index contributed by atoms with van der Waals surface area (Å²) in [6.45, 7) is 0. The summed E-state index contributed by atoms with van der Waals surface area (Å²) in [5, 5.41) is 1.81. The molecule has 0 radical (unpaired) electrons. The lowest BCUT2D eigenvalue weighted by atomic mass is 9.95. The van der Waals surface area contributed by atoms with Crippen molar-refractivity contribution >= 4 is 24.7 Å². The number of fused-ring (bicyclic) bond motifs is 1. The Balaban J connectivity index is 1.84. The van der Waals surface area contributed by atoms with Gasteiger partial charge in [0, 0.05) is 21.8 Å². The Morgan fingerprint density at radius 1 is 0.567 bits per heavy atom. The molecule has 1 heterocycles. The van der Waals surface area contributed by atoms with E-state index in [4.69, 9.17) is 4.98 Å². The third kappa shape index (κ3) is 3.47. The average molecular weight is 405 g/mol. The molecule has 3 heteroatoms. The molecular weight excluding hydrogens is 385 g/mol. The molecule has 30 heavy (non-hydrogen) atoms. The van der Waals surface area contributed by atoms with Gasteiger partial charge in [-0.3, -0.25) is 0 Å². The fraction of sp³-hybridized carbons (Fsp3) is 0. The first-order chi connectivity index (χ1) is 14.8. The van der Waals surface area contributed by atoms with Gasteiger partial charge in [-0.25, -0.2) is 4.98 Å². The molecule has 5 aromatic rings. The van der Waals surface area contributed by atoms with Crippen molar-refractivity contribution in [2.45, 2.75) is 0 Å². The Morgan fingerprint density at radius 2 is 1.13 bits per heavy atom. The molecule has 1 atom stereocenters. The van der Waals surface area contributed by atoms with Crippen molar-refractivity contribution in [2.75, 3.05) is 0 Å². The second-order valence-electron chi connectivity index (χ2n) is 7.24. The van der Waals surface area contributed by atoms with E-state index in [-0.39, 0.29) is 0 Å². The van der Waals surface area contributed by atoms with Gasteiger partial charge in [0.15, 0.2) is 0 Å². The highest BCUT2D eigenvalue weighted by atomic mass is 31.1. The Bertz CT molecular complexity index is 1330. The van der Waals surface area contributed by atoms with Crippen LogP contribution in [0, 0.1) is 0 Å². The van der Waals surface area contributed by atoms with E-state index in [9.17, 15) is 4.57 Å². The zero-order chi connectivity index (χ0) is 20.3. The third-order valence-electron chi connectivity index (χ3n) is 5.31. The Kier molecular flexibility index (Phi) is 5.01. The first-order valence-electron chi connectivity index (χ1n) is 9.94. The van der Waals surface area contributed by atoms with Crippen LogP contribution in [0.5, 0.6) is 0 Å². The summed E-state index contributed by atoms with van der Waals surface area (Å²) in [5.41, 5.74) is 7.20. The van der Waals surface area contributed by atoms with E-state index >= 15 is 0 Å². The lowest BCUT2D eigenvalue weighted by molar-refractivity contribution is 0.603. The Morgan fingerprint density at radius 3 is 1.73 bits per heavy atom. The number of benzene rings is 4. The molecule has 0 aliphatic rings. The molecule has 4 aromatic carbocycles. The second-order valence-corrected chi connectivity index (χ2v) is 8.10. The van der Waals surface area contributed by atoms with Gasteiger partial charge in [-0.2, -0.15) is 0 Å². The van der Waals surface area contributed by atoms with Gasteiger partial charge in [0.2, 0.25) is 0 Å². The summed E-state index contributed by atoms with van der Waals surface area (Å²) in [6, 6.07) is 37.1. The molecule has 2 nitrogen and oxygen atoms in total. The minimum atomic E-state index is -1.10. The molecule has 0 aliphatic carbocycles.